The second kappa shape index (κ2) is 11.7. The number of nitrogens with one attached hydrogen (secondary N) is 3. The largest absolute Gasteiger partial charge is 0.459 e. The third kappa shape index (κ3) is 6.56. The van der Waals surface area contributed by atoms with Gasteiger partial charge in [-0.3, -0.25) is 4.72 Å². The van der Waals surface area contributed by atoms with Crippen LogP contribution < -0.4 is 10.0 Å². The van der Waals surface area contributed by atoms with Crippen molar-refractivity contribution >= 4 is 32.7 Å². The van der Waals surface area contributed by atoms with E-state index in [0.29, 0.717) is 22.6 Å². The molecule has 5 rings (SSSR count). The molecule has 9 heteroatoms. The first-order valence-electron chi connectivity index (χ1n) is 12.9. The van der Waals surface area contributed by atoms with Crippen LogP contribution in [0.1, 0.15) is 35.3 Å². The van der Waals surface area contributed by atoms with Gasteiger partial charge in [0.05, 0.1) is 27.6 Å². The number of nitrogens with zero attached hydrogens (tertiary/aromatic N) is 1. The van der Waals surface area contributed by atoms with Gasteiger partial charge in [0, 0.05) is 24.3 Å². The molecule has 0 amide bonds. The summed E-state index contributed by atoms with van der Waals surface area (Å²) in [7, 11) is -3.87. The number of carbonyl (C=O) groups is 1. The van der Waals surface area contributed by atoms with Crippen LogP contribution in [-0.2, 0) is 27.8 Å². The van der Waals surface area contributed by atoms with Gasteiger partial charge in [-0.1, -0.05) is 54.6 Å². The smallest absolute Gasteiger partial charge is 0.338 e. The molecule has 204 valence electrons. The highest BCUT2D eigenvalue weighted by molar-refractivity contribution is 7.92. The zero-order valence-corrected chi connectivity index (χ0v) is 23.0. The first-order chi connectivity index (χ1) is 19.3. The van der Waals surface area contributed by atoms with Crippen molar-refractivity contribution in [2.75, 3.05) is 4.72 Å². The number of hydrogen-bond acceptors (Lipinski definition) is 6. The fourth-order valence-corrected chi connectivity index (χ4v) is 5.27. The van der Waals surface area contributed by atoms with E-state index in [1.54, 1.807) is 19.9 Å². The minimum Gasteiger partial charge on any atom is -0.459 e. The summed E-state index contributed by atoms with van der Waals surface area (Å²) < 4.78 is 33.8. The van der Waals surface area contributed by atoms with Crippen LogP contribution in [0, 0.1) is 0 Å². The van der Waals surface area contributed by atoms with E-state index in [1.165, 1.54) is 42.0 Å². The minimum absolute atomic E-state index is 0.0844. The number of carbonyl (C=O) groups excluding carboxylic acids is 1. The maximum absolute atomic E-state index is 13.1. The number of benzene rings is 4. The van der Waals surface area contributed by atoms with E-state index in [-0.39, 0.29) is 11.0 Å². The van der Waals surface area contributed by atoms with Gasteiger partial charge in [-0.25, -0.2) is 18.2 Å². The average molecular weight is 555 g/mol. The van der Waals surface area contributed by atoms with Crippen LogP contribution in [0.25, 0.3) is 22.4 Å². The number of hydrogen-bond donors (Lipinski definition) is 3. The number of fused-ring (bicyclic) bond motifs is 1. The first-order valence-corrected chi connectivity index (χ1v) is 14.4. The molecule has 40 heavy (non-hydrogen) atoms. The van der Waals surface area contributed by atoms with Crippen molar-refractivity contribution in [1.29, 1.82) is 0 Å². The second-order valence-corrected chi connectivity index (χ2v) is 11.4. The van der Waals surface area contributed by atoms with Crippen molar-refractivity contribution in [3.05, 3.63) is 114 Å². The normalized spacial score (nSPS) is 11.6. The summed E-state index contributed by atoms with van der Waals surface area (Å²) in [4.78, 5) is 20.0. The van der Waals surface area contributed by atoms with Crippen molar-refractivity contribution in [1.82, 2.24) is 15.3 Å². The molecule has 0 radical (unpaired) electrons. The van der Waals surface area contributed by atoms with Crippen molar-refractivity contribution in [3.8, 4) is 11.4 Å². The van der Waals surface area contributed by atoms with Crippen LogP contribution in [0.2, 0.25) is 0 Å². The summed E-state index contributed by atoms with van der Waals surface area (Å²) in [5.74, 6) is 0.198. The Balaban J connectivity index is 1.25. The molecule has 0 aliphatic rings. The summed E-state index contributed by atoms with van der Waals surface area (Å²) >= 11 is 0. The number of anilines is 1. The highest BCUT2D eigenvalue weighted by Gasteiger charge is 2.17. The Morgan fingerprint density at radius 2 is 1.55 bits per heavy atom. The predicted octanol–water partition coefficient (Wildman–Crippen LogP) is 5.89. The summed E-state index contributed by atoms with van der Waals surface area (Å²) in [6, 6.07) is 29.2. The monoisotopic (exact) mass is 554 g/mol. The van der Waals surface area contributed by atoms with Crippen molar-refractivity contribution in [2.45, 2.75) is 37.9 Å². The lowest BCUT2D eigenvalue weighted by Gasteiger charge is -2.10. The molecule has 0 fully saturated rings. The van der Waals surface area contributed by atoms with Crippen molar-refractivity contribution in [3.63, 3.8) is 0 Å². The van der Waals surface area contributed by atoms with Crippen molar-refractivity contribution in [2.24, 2.45) is 0 Å². The number of imidazole rings is 1. The quantitative estimate of drug-likeness (QED) is 0.186. The molecule has 0 saturated heterocycles. The van der Waals surface area contributed by atoms with Gasteiger partial charge in [0.2, 0.25) is 0 Å². The zero-order valence-electron chi connectivity index (χ0n) is 22.2. The number of aromatic nitrogens is 2. The van der Waals surface area contributed by atoms with Crippen LogP contribution in [0.5, 0.6) is 0 Å². The van der Waals surface area contributed by atoms with Crippen LogP contribution in [0.15, 0.2) is 102 Å². The summed E-state index contributed by atoms with van der Waals surface area (Å²) in [6.45, 7) is 5.07. The molecule has 0 aliphatic heterocycles. The number of H-pyrrole nitrogens is 1. The van der Waals surface area contributed by atoms with Crippen LogP contribution in [0.4, 0.5) is 5.69 Å². The number of ether oxygens (including phenoxy) is 1. The molecule has 0 spiro atoms. The Bertz CT molecular complexity index is 1710. The van der Waals surface area contributed by atoms with Gasteiger partial charge >= 0.3 is 5.97 Å². The van der Waals surface area contributed by atoms with Gasteiger partial charge < -0.3 is 15.0 Å². The topological polar surface area (TPSA) is 113 Å². The average Bonchev–Trinajstić information content (AvgIpc) is 3.37. The van der Waals surface area contributed by atoms with Crippen LogP contribution in [-0.4, -0.2) is 30.5 Å². The van der Waals surface area contributed by atoms with E-state index in [1.807, 2.05) is 42.5 Å². The van der Waals surface area contributed by atoms with Gasteiger partial charge in [0.25, 0.3) is 10.0 Å². The highest BCUT2D eigenvalue weighted by atomic mass is 32.2. The lowest BCUT2D eigenvalue weighted by Crippen LogP contribution is -2.14. The van der Waals surface area contributed by atoms with E-state index in [2.05, 4.69) is 32.1 Å². The zero-order chi connectivity index (χ0) is 28.1. The van der Waals surface area contributed by atoms with Crippen LogP contribution >= 0.6 is 0 Å². The Morgan fingerprint density at radius 3 is 2.23 bits per heavy atom. The van der Waals surface area contributed by atoms with Gasteiger partial charge in [-0.15, -0.1) is 0 Å². The maximum atomic E-state index is 13.1. The van der Waals surface area contributed by atoms with E-state index >= 15 is 0 Å². The van der Waals surface area contributed by atoms with E-state index in [0.717, 1.165) is 29.7 Å². The molecular weight excluding hydrogens is 524 g/mol. The Hall–Kier alpha value is -4.47. The Labute approximate surface area is 233 Å². The number of aromatic amines is 1. The molecule has 0 aliphatic carbocycles. The number of rotatable bonds is 10. The first kappa shape index (κ1) is 27.1. The van der Waals surface area contributed by atoms with E-state index in [9.17, 15) is 13.2 Å². The minimum atomic E-state index is -3.87. The second-order valence-electron chi connectivity index (χ2n) is 9.69. The fraction of sp³-hybridized carbons (Fsp3) is 0.161. The summed E-state index contributed by atoms with van der Waals surface area (Å²) in [6.07, 6.45) is -0.241. The SMILES string of the molecule is CC(C)OC(=O)c1ccc(NS(=O)(=O)c2ccc3[nH]c(-c4ccc(CNCc5ccccc5)cc4)nc3c2)cc1. The molecule has 0 atom stereocenters. The molecule has 3 N–H and O–H groups in total. The predicted molar refractivity (Wildman–Crippen MR) is 156 cm³/mol. The van der Waals surface area contributed by atoms with E-state index < -0.39 is 16.0 Å². The number of esters is 1. The Kier molecular flexibility index (Phi) is 7.95. The molecule has 0 saturated carbocycles. The molecular formula is C31H30N4O4S. The fourth-order valence-electron chi connectivity index (χ4n) is 4.19. The van der Waals surface area contributed by atoms with Crippen LogP contribution in [0.3, 0.4) is 0 Å². The molecule has 8 nitrogen and oxygen atoms in total. The van der Waals surface area contributed by atoms with Gasteiger partial charge in [-0.05, 0) is 67.4 Å². The van der Waals surface area contributed by atoms with Gasteiger partial charge in [-0.2, -0.15) is 0 Å². The summed E-state index contributed by atoms with van der Waals surface area (Å²) in [5, 5.41) is 3.44. The van der Waals surface area contributed by atoms with E-state index in [4.69, 9.17) is 4.74 Å². The van der Waals surface area contributed by atoms with Gasteiger partial charge in [0.15, 0.2) is 0 Å². The standard InChI is InChI=1S/C31H30N4O4S/c1-21(2)39-31(36)25-12-14-26(15-13-25)35-40(37,38)27-16-17-28-29(18-27)34-30(33-28)24-10-8-23(9-11-24)20-32-19-22-6-4-3-5-7-22/h3-18,21,32,35H,19-20H2,1-2H3,(H,33,34). The lowest BCUT2D eigenvalue weighted by atomic mass is 10.1. The molecule has 5 aromatic rings. The lowest BCUT2D eigenvalue weighted by molar-refractivity contribution is 0.0378. The highest BCUT2D eigenvalue weighted by Crippen LogP contribution is 2.25. The Morgan fingerprint density at radius 1 is 0.875 bits per heavy atom. The molecule has 4 aromatic carbocycles. The van der Waals surface area contributed by atoms with Crippen molar-refractivity contribution < 1.29 is 17.9 Å². The third-order valence-corrected chi connectivity index (χ3v) is 7.59. The van der Waals surface area contributed by atoms with Gasteiger partial charge in [0.1, 0.15) is 5.82 Å². The maximum Gasteiger partial charge on any atom is 0.338 e. The summed E-state index contributed by atoms with van der Waals surface area (Å²) in [5.41, 5.74) is 5.25. The molecule has 1 aromatic heterocycles. The molecule has 0 unspecified atom stereocenters. The molecule has 0 bridgehead atoms. The molecule has 1 heterocycles. The third-order valence-electron chi connectivity index (χ3n) is 6.21. The number of sulfonamides is 1.